The highest BCUT2D eigenvalue weighted by atomic mass is 19.1. The molecule has 0 atom stereocenters. The van der Waals surface area contributed by atoms with Crippen LogP contribution in [0, 0.1) is 11.6 Å². The molecule has 0 aliphatic rings. The Morgan fingerprint density at radius 2 is 1.58 bits per heavy atom. The summed E-state index contributed by atoms with van der Waals surface area (Å²) in [6, 6.07) is 21.4. The minimum absolute atomic E-state index is 0.0107. The van der Waals surface area contributed by atoms with Crippen molar-refractivity contribution in [1.82, 2.24) is 24.3 Å². The number of hydrogen-bond donors (Lipinski definition) is 1. The molecule has 0 aliphatic heterocycles. The number of fused-ring (bicyclic) bond motifs is 2. The van der Waals surface area contributed by atoms with Crippen molar-refractivity contribution in [2.45, 2.75) is 6.54 Å². The van der Waals surface area contributed by atoms with E-state index in [0.717, 1.165) is 5.56 Å². The molecule has 9 heteroatoms. The summed E-state index contributed by atoms with van der Waals surface area (Å²) >= 11 is 0. The maximum Gasteiger partial charge on any atom is 0.266 e. The number of nitrogens with zero attached hydrogens (tertiary/aromatic N) is 5. The second-order valence-electron chi connectivity index (χ2n) is 8.26. The number of halogens is 2. The third-order valence-corrected chi connectivity index (χ3v) is 6.08. The summed E-state index contributed by atoms with van der Waals surface area (Å²) in [6.07, 6.45) is 1.34. The number of para-hydroxylation sites is 1. The summed E-state index contributed by atoms with van der Waals surface area (Å²) in [7, 11) is 0. The van der Waals surface area contributed by atoms with Crippen LogP contribution in [-0.2, 0) is 6.54 Å². The van der Waals surface area contributed by atoms with E-state index in [4.69, 9.17) is 10.8 Å². The van der Waals surface area contributed by atoms with E-state index in [0.29, 0.717) is 27.8 Å². The summed E-state index contributed by atoms with van der Waals surface area (Å²) in [6.45, 7) is 0.0375. The van der Waals surface area contributed by atoms with Gasteiger partial charge in [0.2, 0.25) is 0 Å². The SMILES string of the molecule is Nc1ncnc2c1c(-c1ccccc1)nn2Cc1cc2cccc(F)c2c(=O)n1-c1ccccc1F. The molecule has 0 fully saturated rings. The van der Waals surface area contributed by atoms with Gasteiger partial charge in [0.05, 0.1) is 23.0 Å². The van der Waals surface area contributed by atoms with Crippen molar-refractivity contribution in [3.05, 3.63) is 113 Å². The molecule has 176 valence electrons. The maximum atomic E-state index is 14.9. The van der Waals surface area contributed by atoms with E-state index in [9.17, 15) is 13.6 Å². The standard InChI is InChI=1S/C27H18F2N6O/c28-19-10-4-5-12-21(19)35-18(13-17-9-6-11-20(29)22(17)27(35)36)14-34-26-23(25(30)31-15-32-26)24(33-34)16-7-2-1-3-8-16/h1-13,15H,14H2,(H2,30,31,32). The Bertz CT molecular complexity index is 1830. The van der Waals surface area contributed by atoms with Gasteiger partial charge in [0.25, 0.3) is 5.56 Å². The summed E-state index contributed by atoms with van der Waals surface area (Å²) in [5.74, 6) is -1.03. The third kappa shape index (κ3) is 3.40. The molecule has 0 saturated heterocycles. The Morgan fingerprint density at radius 1 is 0.833 bits per heavy atom. The zero-order valence-corrected chi connectivity index (χ0v) is 18.8. The lowest BCUT2D eigenvalue weighted by Gasteiger charge is -2.16. The first-order chi connectivity index (χ1) is 17.5. The average molecular weight is 480 g/mol. The van der Waals surface area contributed by atoms with Gasteiger partial charge in [0.1, 0.15) is 29.5 Å². The van der Waals surface area contributed by atoms with E-state index in [2.05, 4.69) is 9.97 Å². The minimum Gasteiger partial charge on any atom is -0.383 e. The molecular weight excluding hydrogens is 462 g/mol. The number of rotatable bonds is 4. The molecule has 0 amide bonds. The van der Waals surface area contributed by atoms with Gasteiger partial charge < -0.3 is 5.73 Å². The third-order valence-electron chi connectivity index (χ3n) is 6.08. The number of aromatic nitrogens is 5. The molecule has 6 rings (SSSR count). The highest BCUT2D eigenvalue weighted by molar-refractivity contribution is 5.98. The number of benzene rings is 3. The quantitative estimate of drug-likeness (QED) is 0.395. The summed E-state index contributed by atoms with van der Waals surface area (Å²) in [4.78, 5) is 22.1. The molecule has 3 heterocycles. The van der Waals surface area contributed by atoms with Crippen LogP contribution in [0.5, 0.6) is 0 Å². The van der Waals surface area contributed by atoms with Crippen LogP contribution in [0.2, 0.25) is 0 Å². The molecule has 0 spiro atoms. The zero-order chi connectivity index (χ0) is 24.8. The topological polar surface area (TPSA) is 91.6 Å². The molecule has 36 heavy (non-hydrogen) atoms. The first-order valence-corrected chi connectivity index (χ1v) is 11.1. The molecule has 0 unspecified atom stereocenters. The molecule has 2 N–H and O–H groups in total. The van der Waals surface area contributed by atoms with Crippen LogP contribution < -0.4 is 11.3 Å². The molecule has 3 aromatic carbocycles. The lowest BCUT2D eigenvalue weighted by atomic mass is 10.1. The molecule has 0 aliphatic carbocycles. The van der Waals surface area contributed by atoms with E-state index in [-0.39, 0.29) is 23.4 Å². The van der Waals surface area contributed by atoms with Crippen LogP contribution in [0.4, 0.5) is 14.6 Å². The van der Waals surface area contributed by atoms with Gasteiger partial charge in [-0.1, -0.05) is 54.6 Å². The Balaban J connectivity index is 1.63. The zero-order valence-electron chi connectivity index (χ0n) is 18.8. The molecule has 0 bridgehead atoms. The van der Waals surface area contributed by atoms with E-state index >= 15 is 0 Å². The van der Waals surface area contributed by atoms with Crippen LogP contribution in [0.25, 0.3) is 38.8 Å². The molecule has 0 radical (unpaired) electrons. The van der Waals surface area contributed by atoms with Crippen LogP contribution in [0.3, 0.4) is 0 Å². The van der Waals surface area contributed by atoms with Crippen molar-refractivity contribution in [3.8, 4) is 16.9 Å². The predicted molar refractivity (Wildman–Crippen MR) is 134 cm³/mol. The Kier molecular flexibility index (Phi) is 5.03. The Morgan fingerprint density at radius 3 is 2.39 bits per heavy atom. The van der Waals surface area contributed by atoms with Gasteiger partial charge in [0.15, 0.2) is 5.65 Å². The largest absolute Gasteiger partial charge is 0.383 e. The van der Waals surface area contributed by atoms with Gasteiger partial charge in [-0.05, 0) is 29.7 Å². The van der Waals surface area contributed by atoms with Crippen molar-refractivity contribution in [1.29, 1.82) is 0 Å². The monoisotopic (exact) mass is 480 g/mol. The van der Waals surface area contributed by atoms with Crippen LogP contribution >= 0.6 is 0 Å². The fourth-order valence-corrected chi connectivity index (χ4v) is 4.48. The second-order valence-corrected chi connectivity index (χ2v) is 8.26. The lowest BCUT2D eigenvalue weighted by molar-refractivity contribution is 0.604. The smallest absolute Gasteiger partial charge is 0.266 e. The Labute approximate surface area is 203 Å². The van der Waals surface area contributed by atoms with E-state index in [1.54, 1.807) is 22.9 Å². The van der Waals surface area contributed by atoms with E-state index < -0.39 is 17.2 Å². The van der Waals surface area contributed by atoms with Gasteiger partial charge in [-0.15, -0.1) is 0 Å². The van der Waals surface area contributed by atoms with Crippen LogP contribution in [0.1, 0.15) is 5.69 Å². The van der Waals surface area contributed by atoms with Gasteiger partial charge in [0, 0.05) is 11.3 Å². The second kappa shape index (κ2) is 8.38. The summed E-state index contributed by atoms with van der Waals surface area (Å²) in [5.41, 5.74) is 7.79. The molecule has 0 saturated carbocycles. The number of nitrogen functional groups attached to an aromatic ring is 1. The number of pyridine rings is 1. The van der Waals surface area contributed by atoms with Crippen molar-refractivity contribution >= 4 is 27.6 Å². The highest BCUT2D eigenvalue weighted by Gasteiger charge is 2.21. The fraction of sp³-hybridized carbons (Fsp3) is 0.0370. The number of hydrogen-bond acceptors (Lipinski definition) is 5. The van der Waals surface area contributed by atoms with Crippen molar-refractivity contribution in [3.63, 3.8) is 0 Å². The average Bonchev–Trinajstić information content (AvgIpc) is 3.25. The van der Waals surface area contributed by atoms with E-state index in [1.165, 1.54) is 41.2 Å². The normalized spacial score (nSPS) is 11.4. The minimum atomic E-state index is -0.675. The number of anilines is 1. The first kappa shape index (κ1) is 21.6. The van der Waals surface area contributed by atoms with Gasteiger partial charge in [-0.3, -0.25) is 9.36 Å². The van der Waals surface area contributed by atoms with Crippen LogP contribution in [-0.4, -0.2) is 24.3 Å². The van der Waals surface area contributed by atoms with Crippen molar-refractivity contribution in [2.75, 3.05) is 5.73 Å². The summed E-state index contributed by atoms with van der Waals surface area (Å²) < 4.78 is 32.4. The molecule has 7 nitrogen and oxygen atoms in total. The van der Waals surface area contributed by atoms with Crippen molar-refractivity contribution < 1.29 is 8.78 Å². The highest BCUT2D eigenvalue weighted by Crippen LogP contribution is 2.30. The fourth-order valence-electron chi connectivity index (χ4n) is 4.48. The predicted octanol–water partition coefficient (Wildman–Crippen LogP) is 4.71. The first-order valence-electron chi connectivity index (χ1n) is 11.1. The van der Waals surface area contributed by atoms with Crippen molar-refractivity contribution in [2.24, 2.45) is 0 Å². The van der Waals surface area contributed by atoms with E-state index in [1.807, 2.05) is 30.3 Å². The number of nitrogens with two attached hydrogens (primary N) is 1. The summed E-state index contributed by atoms with van der Waals surface area (Å²) in [5, 5.41) is 5.60. The van der Waals surface area contributed by atoms with Gasteiger partial charge in [-0.2, -0.15) is 5.10 Å². The molecule has 6 aromatic rings. The van der Waals surface area contributed by atoms with Gasteiger partial charge >= 0.3 is 0 Å². The lowest BCUT2D eigenvalue weighted by Crippen LogP contribution is -2.25. The van der Waals surface area contributed by atoms with Gasteiger partial charge in [-0.25, -0.2) is 23.4 Å². The van der Waals surface area contributed by atoms with Crippen LogP contribution in [0.15, 0.2) is 90.0 Å². The maximum absolute atomic E-state index is 14.9. The Hall–Kier alpha value is -4.92. The molecular formula is C27H18F2N6O. The molecule has 3 aromatic heterocycles.